The lowest BCUT2D eigenvalue weighted by Gasteiger charge is -2.00. The quantitative estimate of drug-likeness (QED) is 0.794. The van der Waals surface area contributed by atoms with Crippen molar-refractivity contribution in [3.63, 3.8) is 0 Å². The molecule has 0 spiro atoms. The first-order chi connectivity index (χ1) is 10.5. The van der Waals surface area contributed by atoms with Crippen LogP contribution in [0, 0.1) is 0 Å². The molecule has 0 unspecified atom stereocenters. The van der Waals surface area contributed by atoms with E-state index < -0.39 is 0 Å². The van der Waals surface area contributed by atoms with Crippen LogP contribution in [0.5, 0.6) is 0 Å². The second-order valence-electron chi connectivity index (χ2n) is 4.78. The molecule has 0 aliphatic rings. The largest absolute Gasteiger partial charge is 0.302 e. The molecule has 0 saturated heterocycles. The Hall–Kier alpha value is -2.06. The topological polar surface area (TPSA) is 84.0 Å². The van der Waals surface area contributed by atoms with Crippen LogP contribution in [-0.4, -0.2) is 21.8 Å². The first-order valence-electron chi connectivity index (χ1n) is 6.61. The summed E-state index contributed by atoms with van der Waals surface area (Å²) in [4.78, 5) is 32.6. The number of carbonyl (C=O) groups is 2. The summed E-state index contributed by atoms with van der Waals surface area (Å²) in [5.74, 6) is -0.122. The van der Waals surface area contributed by atoms with Crippen LogP contribution in [-0.2, 0) is 16.0 Å². The van der Waals surface area contributed by atoms with Crippen molar-refractivity contribution in [2.75, 3.05) is 10.6 Å². The van der Waals surface area contributed by atoms with Crippen LogP contribution >= 0.6 is 22.7 Å². The van der Waals surface area contributed by atoms with Gasteiger partial charge in [-0.05, 0) is 12.0 Å². The van der Waals surface area contributed by atoms with Crippen LogP contribution in [0.15, 0.2) is 24.2 Å². The molecule has 116 valence electrons. The predicted octanol–water partition coefficient (Wildman–Crippen LogP) is 3.03. The van der Waals surface area contributed by atoms with Gasteiger partial charge in [0.25, 0.3) is 0 Å². The number of rotatable bonds is 6. The maximum Gasteiger partial charge on any atom is 0.249 e. The number of carbonyl (C=O) groups excluding carboxylic acids is 2. The summed E-state index contributed by atoms with van der Waals surface area (Å²) >= 11 is 2.73. The fourth-order valence-electron chi connectivity index (χ4n) is 1.54. The monoisotopic (exact) mass is 336 g/mol. The van der Waals surface area contributed by atoms with Gasteiger partial charge < -0.3 is 5.32 Å². The van der Waals surface area contributed by atoms with Crippen molar-refractivity contribution in [3.05, 3.63) is 34.8 Å². The molecular weight excluding hydrogens is 320 g/mol. The van der Waals surface area contributed by atoms with Gasteiger partial charge in [0.1, 0.15) is 0 Å². The smallest absolute Gasteiger partial charge is 0.249 e. The zero-order valence-corrected chi connectivity index (χ0v) is 13.9. The molecule has 2 N–H and O–H groups in total. The Kier molecular flexibility index (Phi) is 5.40. The van der Waals surface area contributed by atoms with Gasteiger partial charge >= 0.3 is 0 Å². The van der Waals surface area contributed by atoms with E-state index in [0.717, 1.165) is 4.88 Å². The van der Waals surface area contributed by atoms with Crippen molar-refractivity contribution in [1.82, 2.24) is 9.97 Å². The fraction of sp³-hybridized carbons (Fsp3) is 0.286. The van der Waals surface area contributed by atoms with Crippen LogP contribution in [0.4, 0.5) is 10.3 Å². The van der Waals surface area contributed by atoms with Crippen molar-refractivity contribution >= 4 is 44.8 Å². The number of nitrogens with zero attached hydrogens (tertiary/aromatic N) is 2. The van der Waals surface area contributed by atoms with E-state index in [-0.39, 0.29) is 18.2 Å². The molecule has 0 bridgehead atoms. The summed E-state index contributed by atoms with van der Waals surface area (Å²) in [6, 6.07) is 0. The lowest BCUT2D eigenvalue weighted by Crippen LogP contribution is -2.14. The number of hydrogen-bond donors (Lipinski definition) is 2. The molecular formula is C14H16N4O2S2. The molecule has 0 aliphatic heterocycles. The van der Waals surface area contributed by atoms with E-state index in [2.05, 4.69) is 41.0 Å². The molecule has 0 aromatic carbocycles. The summed E-state index contributed by atoms with van der Waals surface area (Å²) in [6.07, 6.45) is 3.08. The summed E-state index contributed by atoms with van der Waals surface area (Å²) in [5, 5.41) is 8.09. The fourth-order valence-corrected chi connectivity index (χ4v) is 3.09. The van der Waals surface area contributed by atoms with Gasteiger partial charge in [0.2, 0.25) is 11.8 Å². The summed E-state index contributed by atoms with van der Waals surface area (Å²) in [7, 11) is 0. The molecule has 0 atom stereocenters. The van der Waals surface area contributed by atoms with Crippen LogP contribution < -0.4 is 10.6 Å². The lowest BCUT2D eigenvalue weighted by molar-refractivity contribution is -0.115. The van der Waals surface area contributed by atoms with Gasteiger partial charge in [-0.15, -0.1) is 22.7 Å². The number of amides is 2. The van der Waals surface area contributed by atoms with Crippen molar-refractivity contribution in [1.29, 1.82) is 0 Å². The molecule has 0 saturated carbocycles. The zero-order valence-electron chi connectivity index (χ0n) is 12.3. The zero-order chi connectivity index (χ0) is 16.1. The van der Waals surface area contributed by atoms with E-state index in [0.29, 0.717) is 21.9 Å². The highest BCUT2D eigenvalue weighted by molar-refractivity contribution is 7.15. The average molecular weight is 336 g/mol. The number of anilines is 2. The van der Waals surface area contributed by atoms with Crippen LogP contribution in [0.1, 0.15) is 30.3 Å². The van der Waals surface area contributed by atoms with Crippen molar-refractivity contribution in [3.8, 4) is 0 Å². The van der Waals surface area contributed by atoms with Crippen molar-refractivity contribution in [2.24, 2.45) is 0 Å². The van der Waals surface area contributed by atoms with Crippen LogP contribution in [0.3, 0.4) is 0 Å². The standard InChI is InChI=1S/C14H16N4O2S2/c1-4-11(19)17-14-16-9(7-21-14)5-12(20)18-13-15-6-10(22-13)8(2)3/h4,6-8H,1,5H2,2-3H3,(H,15,18,20)(H,16,17,19). The minimum Gasteiger partial charge on any atom is -0.302 e. The Morgan fingerprint density at radius 3 is 2.77 bits per heavy atom. The molecule has 2 amide bonds. The third-order valence-corrected chi connectivity index (χ3v) is 4.67. The second kappa shape index (κ2) is 7.28. The van der Waals surface area contributed by atoms with Gasteiger partial charge in [-0.2, -0.15) is 0 Å². The highest BCUT2D eigenvalue weighted by Crippen LogP contribution is 2.25. The maximum atomic E-state index is 12.0. The third-order valence-electron chi connectivity index (χ3n) is 2.65. The van der Waals surface area contributed by atoms with Gasteiger partial charge in [-0.3, -0.25) is 14.9 Å². The Morgan fingerprint density at radius 2 is 2.14 bits per heavy atom. The van der Waals surface area contributed by atoms with Gasteiger partial charge in [0.05, 0.1) is 12.1 Å². The molecule has 2 rings (SSSR count). The summed E-state index contributed by atoms with van der Waals surface area (Å²) in [6.45, 7) is 7.52. The molecule has 22 heavy (non-hydrogen) atoms. The SMILES string of the molecule is C=CC(=O)Nc1nc(CC(=O)Nc2ncc(C(C)C)s2)cs1. The number of hydrogen-bond acceptors (Lipinski definition) is 6. The highest BCUT2D eigenvalue weighted by Gasteiger charge is 2.12. The third kappa shape index (κ3) is 4.47. The van der Waals surface area contributed by atoms with E-state index in [1.54, 1.807) is 11.6 Å². The van der Waals surface area contributed by atoms with E-state index in [1.165, 1.54) is 28.7 Å². The minimum atomic E-state index is -0.325. The number of thiazole rings is 2. The summed E-state index contributed by atoms with van der Waals surface area (Å²) < 4.78 is 0. The molecule has 0 radical (unpaired) electrons. The average Bonchev–Trinajstić information content (AvgIpc) is 3.08. The molecule has 0 fully saturated rings. The number of nitrogens with one attached hydrogen (secondary N) is 2. The highest BCUT2D eigenvalue weighted by atomic mass is 32.1. The van der Waals surface area contributed by atoms with E-state index in [1.807, 2.05) is 0 Å². The molecule has 2 aromatic heterocycles. The van der Waals surface area contributed by atoms with Gasteiger partial charge in [0.15, 0.2) is 10.3 Å². The number of aromatic nitrogens is 2. The lowest BCUT2D eigenvalue weighted by atomic mass is 10.2. The minimum absolute atomic E-state index is 0.136. The van der Waals surface area contributed by atoms with Crippen LogP contribution in [0.2, 0.25) is 0 Å². The molecule has 0 aliphatic carbocycles. The van der Waals surface area contributed by atoms with E-state index in [9.17, 15) is 9.59 Å². The van der Waals surface area contributed by atoms with Gasteiger partial charge in [0, 0.05) is 16.5 Å². The Bertz CT molecular complexity index is 691. The first-order valence-corrected chi connectivity index (χ1v) is 8.31. The molecule has 8 heteroatoms. The Balaban J connectivity index is 1.91. The maximum absolute atomic E-state index is 12.0. The normalized spacial score (nSPS) is 10.5. The Morgan fingerprint density at radius 1 is 1.36 bits per heavy atom. The van der Waals surface area contributed by atoms with Crippen molar-refractivity contribution in [2.45, 2.75) is 26.2 Å². The second-order valence-corrected chi connectivity index (χ2v) is 6.71. The van der Waals surface area contributed by atoms with E-state index >= 15 is 0 Å². The first kappa shape index (κ1) is 16.3. The molecule has 2 heterocycles. The predicted molar refractivity (Wildman–Crippen MR) is 89.5 cm³/mol. The summed E-state index contributed by atoms with van der Waals surface area (Å²) in [5.41, 5.74) is 0.600. The molecule has 2 aromatic rings. The van der Waals surface area contributed by atoms with Crippen molar-refractivity contribution < 1.29 is 9.59 Å². The molecule has 6 nitrogen and oxygen atoms in total. The van der Waals surface area contributed by atoms with Gasteiger partial charge in [-0.25, -0.2) is 9.97 Å². The van der Waals surface area contributed by atoms with Gasteiger partial charge in [-0.1, -0.05) is 20.4 Å². The Labute approximate surface area is 136 Å². The van der Waals surface area contributed by atoms with E-state index in [4.69, 9.17) is 0 Å². The van der Waals surface area contributed by atoms with Crippen LogP contribution in [0.25, 0.3) is 0 Å².